The molecule has 1 N–H and O–H groups in total. The van der Waals surface area contributed by atoms with Gasteiger partial charge < -0.3 is 14.8 Å². The lowest BCUT2D eigenvalue weighted by atomic mass is 10.1. The summed E-state index contributed by atoms with van der Waals surface area (Å²) in [6.45, 7) is 2.28. The van der Waals surface area contributed by atoms with Gasteiger partial charge in [-0.3, -0.25) is 4.79 Å². The molecular formula is C26H21ClN2O4S. The van der Waals surface area contributed by atoms with Crippen LogP contribution in [0.1, 0.15) is 27.0 Å². The quantitative estimate of drug-likeness (QED) is 0.342. The highest BCUT2D eigenvalue weighted by Crippen LogP contribution is 2.30. The normalized spacial score (nSPS) is 15.4. The van der Waals surface area contributed by atoms with Gasteiger partial charge in [-0.05, 0) is 77.9 Å². The van der Waals surface area contributed by atoms with Crippen LogP contribution in [0.2, 0.25) is 5.02 Å². The van der Waals surface area contributed by atoms with Crippen LogP contribution < -0.4 is 10.1 Å². The molecule has 0 unspecified atom stereocenters. The molecule has 1 aliphatic heterocycles. The molecule has 0 spiro atoms. The van der Waals surface area contributed by atoms with Gasteiger partial charge in [-0.2, -0.15) is 0 Å². The lowest BCUT2D eigenvalue weighted by Gasteiger charge is -2.08. The number of carbonyl (C=O) groups excluding carboxylic acids is 2. The summed E-state index contributed by atoms with van der Waals surface area (Å²) in [5.74, 6) is 0.0802. The van der Waals surface area contributed by atoms with E-state index in [0.29, 0.717) is 38.7 Å². The predicted molar refractivity (Wildman–Crippen MR) is 136 cm³/mol. The van der Waals surface area contributed by atoms with Crippen molar-refractivity contribution in [3.05, 3.63) is 98.9 Å². The Hall–Kier alpha value is -3.55. The second-order valence-electron chi connectivity index (χ2n) is 7.46. The van der Waals surface area contributed by atoms with Crippen molar-refractivity contribution in [3.63, 3.8) is 0 Å². The summed E-state index contributed by atoms with van der Waals surface area (Å²) < 4.78 is 10.6. The minimum absolute atomic E-state index is 0.208. The van der Waals surface area contributed by atoms with Crippen molar-refractivity contribution in [1.29, 1.82) is 0 Å². The van der Waals surface area contributed by atoms with Crippen LogP contribution in [0.3, 0.4) is 0 Å². The fraction of sp³-hybridized carbons (Fsp3) is 0.115. The van der Waals surface area contributed by atoms with Crippen molar-refractivity contribution in [3.8, 4) is 5.75 Å². The fourth-order valence-corrected chi connectivity index (χ4v) is 4.16. The Kier molecular flexibility index (Phi) is 7.35. The maximum Gasteiger partial charge on any atom is 0.337 e. The molecule has 0 aliphatic carbocycles. The van der Waals surface area contributed by atoms with Crippen molar-refractivity contribution in [2.45, 2.75) is 13.5 Å². The third-order valence-electron chi connectivity index (χ3n) is 4.98. The van der Waals surface area contributed by atoms with Gasteiger partial charge in [0.2, 0.25) is 0 Å². The maximum absolute atomic E-state index is 12.5. The Labute approximate surface area is 206 Å². The van der Waals surface area contributed by atoms with Crippen molar-refractivity contribution >= 4 is 52.2 Å². The average Bonchev–Trinajstić information content (AvgIpc) is 3.18. The van der Waals surface area contributed by atoms with Gasteiger partial charge in [0, 0.05) is 5.02 Å². The zero-order chi connectivity index (χ0) is 24.1. The number of ether oxygens (including phenoxy) is 2. The molecule has 0 atom stereocenters. The number of methoxy groups -OCH3 is 1. The molecule has 0 radical (unpaired) electrons. The minimum Gasteiger partial charge on any atom is -0.489 e. The van der Waals surface area contributed by atoms with Crippen LogP contribution in [-0.4, -0.2) is 24.2 Å². The highest BCUT2D eigenvalue weighted by molar-refractivity contribution is 8.18. The van der Waals surface area contributed by atoms with E-state index < -0.39 is 0 Å². The van der Waals surface area contributed by atoms with Gasteiger partial charge in [0.25, 0.3) is 5.91 Å². The van der Waals surface area contributed by atoms with E-state index in [0.717, 1.165) is 16.7 Å². The number of benzene rings is 3. The lowest BCUT2D eigenvalue weighted by Crippen LogP contribution is -2.19. The van der Waals surface area contributed by atoms with E-state index in [1.807, 2.05) is 49.4 Å². The molecule has 0 aromatic heterocycles. The standard InChI is InChI=1S/C26H21ClN2O4S/c1-16-6-11-20(27)14-22(16)28-26-29-24(30)23(34-26)13-18-4-3-5-21(12-18)33-15-17-7-9-19(10-8-17)25(31)32-2/h3-14H,15H2,1-2H3,(H,28,29,30). The molecule has 6 nitrogen and oxygen atoms in total. The van der Waals surface area contributed by atoms with Crippen molar-refractivity contribution < 1.29 is 19.1 Å². The first-order valence-electron chi connectivity index (χ1n) is 10.4. The second kappa shape index (κ2) is 10.6. The van der Waals surface area contributed by atoms with Gasteiger partial charge in [0.15, 0.2) is 5.17 Å². The molecule has 1 heterocycles. The number of amidine groups is 1. The highest BCUT2D eigenvalue weighted by Gasteiger charge is 2.24. The molecule has 4 rings (SSSR count). The number of halogens is 1. The average molecular weight is 493 g/mol. The van der Waals surface area contributed by atoms with Crippen molar-refractivity contribution in [2.75, 3.05) is 7.11 Å². The Balaban J connectivity index is 1.44. The Morgan fingerprint density at radius 1 is 1.12 bits per heavy atom. The van der Waals surface area contributed by atoms with E-state index in [1.165, 1.54) is 18.9 Å². The minimum atomic E-state index is -0.377. The first-order valence-corrected chi connectivity index (χ1v) is 11.6. The number of aliphatic imine (C=N–C) groups is 1. The molecule has 3 aromatic rings. The number of amides is 1. The van der Waals surface area contributed by atoms with Crippen LogP contribution in [0.15, 0.2) is 76.6 Å². The van der Waals surface area contributed by atoms with Gasteiger partial charge in [-0.1, -0.05) is 41.9 Å². The number of thioether (sulfide) groups is 1. The summed E-state index contributed by atoms with van der Waals surface area (Å²) in [6, 6.07) is 20.0. The molecule has 3 aromatic carbocycles. The lowest BCUT2D eigenvalue weighted by molar-refractivity contribution is -0.115. The van der Waals surface area contributed by atoms with Crippen LogP contribution in [0, 0.1) is 6.92 Å². The first-order chi connectivity index (χ1) is 16.4. The molecular weight excluding hydrogens is 472 g/mol. The number of nitrogens with one attached hydrogen (secondary N) is 1. The van der Waals surface area contributed by atoms with Crippen LogP contribution in [0.4, 0.5) is 5.69 Å². The fourth-order valence-electron chi connectivity index (χ4n) is 3.16. The van der Waals surface area contributed by atoms with E-state index in [4.69, 9.17) is 21.1 Å². The summed E-state index contributed by atoms with van der Waals surface area (Å²) in [5, 5.41) is 3.89. The third kappa shape index (κ3) is 5.87. The Morgan fingerprint density at radius 2 is 1.91 bits per heavy atom. The van der Waals surface area contributed by atoms with Crippen LogP contribution in [0.5, 0.6) is 5.75 Å². The van der Waals surface area contributed by atoms with E-state index in [9.17, 15) is 9.59 Å². The van der Waals surface area contributed by atoms with Gasteiger partial charge in [0.05, 0.1) is 23.3 Å². The van der Waals surface area contributed by atoms with E-state index in [1.54, 1.807) is 30.3 Å². The molecule has 0 bridgehead atoms. The summed E-state index contributed by atoms with van der Waals surface area (Å²) in [4.78, 5) is 29.1. The third-order valence-corrected chi connectivity index (χ3v) is 6.13. The molecule has 1 amide bonds. The smallest absolute Gasteiger partial charge is 0.337 e. The van der Waals surface area contributed by atoms with Crippen molar-refractivity contribution in [1.82, 2.24) is 5.32 Å². The van der Waals surface area contributed by atoms with Crippen LogP contribution in [-0.2, 0) is 16.1 Å². The molecule has 1 aliphatic rings. The van der Waals surface area contributed by atoms with Crippen LogP contribution in [0.25, 0.3) is 6.08 Å². The summed E-state index contributed by atoms with van der Waals surface area (Å²) >= 11 is 7.34. The summed E-state index contributed by atoms with van der Waals surface area (Å²) in [6.07, 6.45) is 1.80. The number of hydrogen-bond acceptors (Lipinski definition) is 6. The molecule has 1 saturated heterocycles. The molecule has 1 fully saturated rings. The maximum atomic E-state index is 12.5. The number of esters is 1. The second-order valence-corrected chi connectivity index (χ2v) is 8.93. The van der Waals surface area contributed by atoms with Crippen molar-refractivity contribution in [2.24, 2.45) is 4.99 Å². The van der Waals surface area contributed by atoms with Gasteiger partial charge in [-0.25, -0.2) is 9.79 Å². The number of carbonyl (C=O) groups is 2. The zero-order valence-electron chi connectivity index (χ0n) is 18.5. The Morgan fingerprint density at radius 3 is 2.68 bits per heavy atom. The summed E-state index contributed by atoms with van der Waals surface area (Å²) in [7, 11) is 1.35. The first kappa shape index (κ1) is 23.6. The summed E-state index contributed by atoms with van der Waals surface area (Å²) in [5.41, 5.74) is 3.91. The monoisotopic (exact) mass is 492 g/mol. The number of hydrogen-bond donors (Lipinski definition) is 1. The molecule has 0 saturated carbocycles. The highest BCUT2D eigenvalue weighted by atomic mass is 35.5. The number of nitrogens with zero attached hydrogens (tertiary/aromatic N) is 1. The zero-order valence-corrected chi connectivity index (χ0v) is 20.1. The van der Waals surface area contributed by atoms with Crippen LogP contribution >= 0.6 is 23.4 Å². The topological polar surface area (TPSA) is 77.0 Å². The SMILES string of the molecule is COC(=O)c1ccc(COc2cccc(C=C3SC(=Nc4cc(Cl)ccc4C)NC3=O)c2)cc1. The number of rotatable bonds is 6. The van der Waals surface area contributed by atoms with Gasteiger partial charge in [-0.15, -0.1) is 0 Å². The van der Waals surface area contributed by atoms with Gasteiger partial charge in [0.1, 0.15) is 12.4 Å². The molecule has 34 heavy (non-hydrogen) atoms. The Bertz CT molecular complexity index is 1300. The van der Waals surface area contributed by atoms with E-state index in [-0.39, 0.29) is 11.9 Å². The molecule has 8 heteroatoms. The molecule has 172 valence electrons. The van der Waals surface area contributed by atoms with E-state index >= 15 is 0 Å². The predicted octanol–water partition coefficient (Wildman–Crippen LogP) is 5.91. The number of aryl methyl sites for hydroxylation is 1. The van der Waals surface area contributed by atoms with E-state index in [2.05, 4.69) is 10.3 Å². The van der Waals surface area contributed by atoms with Gasteiger partial charge >= 0.3 is 5.97 Å². The largest absolute Gasteiger partial charge is 0.489 e.